The van der Waals surface area contributed by atoms with Gasteiger partial charge in [-0.1, -0.05) is 12.1 Å². The van der Waals surface area contributed by atoms with Gasteiger partial charge in [0, 0.05) is 12.6 Å². The Hall–Kier alpha value is -1.73. The van der Waals surface area contributed by atoms with Crippen molar-refractivity contribution in [2.75, 3.05) is 0 Å². The fraction of sp³-hybridized carbons (Fsp3) is 0.308. The highest BCUT2D eigenvalue weighted by Gasteiger charge is 2.38. The normalized spacial score (nSPS) is 15.7. The van der Waals surface area contributed by atoms with Crippen molar-refractivity contribution in [1.29, 1.82) is 0 Å². The fourth-order valence-corrected chi connectivity index (χ4v) is 3.63. The molecule has 106 valence electrons. The van der Waals surface area contributed by atoms with Crippen LogP contribution < -0.4 is 0 Å². The van der Waals surface area contributed by atoms with Crippen LogP contribution >= 0.6 is 0 Å². The number of H-pyrrole nitrogens is 1. The first-order valence-electron chi connectivity index (χ1n) is 6.33. The second-order valence-electron chi connectivity index (χ2n) is 4.83. The molecule has 5 nitrogen and oxygen atoms in total. The van der Waals surface area contributed by atoms with Crippen LogP contribution in [0.25, 0.3) is 0 Å². The summed E-state index contributed by atoms with van der Waals surface area (Å²) < 4.78 is 39.4. The van der Waals surface area contributed by atoms with Gasteiger partial charge in [0.25, 0.3) is 10.0 Å². The van der Waals surface area contributed by atoms with E-state index in [-0.39, 0.29) is 23.4 Å². The van der Waals surface area contributed by atoms with Gasteiger partial charge >= 0.3 is 0 Å². The van der Waals surface area contributed by atoms with E-state index in [2.05, 4.69) is 10.2 Å². The Morgan fingerprint density at radius 3 is 2.50 bits per heavy atom. The summed E-state index contributed by atoms with van der Waals surface area (Å²) >= 11 is 0. The van der Waals surface area contributed by atoms with Crippen molar-refractivity contribution >= 4 is 10.0 Å². The van der Waals surface area contributed by atoms with Crippen LogP contribution in [0.1, 0.15) is 18.4 Å². The molecule has 0 spiro atoms. The number of rotatable bonds is 5. The molecule has 20 heavy (non-hydrogen) atoms. The Morgan fingerprint density at radius 2 is 1.95 bits per heavy atom. The smallest absolute Gasteiger partial charge is 0.260 e. The minimum Gasteiger partial charge on any atom is -0.266 e. The Balaban J connectivity index is 1.88. The van der Waals surface area contributed by atoms with E-state index < -0.39 is 10.0 Å². The number of aromatic amines is 1. The molecular weight excluding hydrogens is 281 g/mol. The van der Waals surface area contributed by atoms with Gasteiger partial charge in [0.05, 0.1) is 6.20 Å². The first-order chi connectivity index (χ1) is 9.57. The van der Waals surface area contributed by atoms with Crippen molar-refractivity contribution in [3.05, 3.63) is 47.9 Å². The van der Waals surface area contributed by atoms with Crippen LogP contribution in [-0.4, -0.2) is 29.0 Å². The molecule has 0 amide bonds. The molecule has 0 saturated heterocycles. The van der Waals surface area contributed by atoms with Crippen molar-refractivity contribution in [3.63, 3.8) is 0 Å². The number of benzene rings is 1. The summed E-state index contributed by atoms with van der Waals surface area (Å²) in [5.41, 5.74) is 0.765. The van der Waals surface area contributed by atoms with Gasteiger partial charge in [0.2, 0.25) is 0 Å². The predicted molar refractivity (Wildman–Crippen MR) is 70.7 cm³/mol. The minimum absolute atomic E-state index is 0.0216. The maximum atomic E-state index is 12.9. The number of sulfonamides is 1. The van der Waals surface area contributed by atoms with Crippen molar-refractivity contribution in [1.82, 2.24) is 14.5 Å². The lowest BCUT2D eigenvalue weighted by molar-refractivity contribution is 0.396. The molecule has 0 bridgehead atoms. The molecule has 1 saturated carbocycles. The summed E-state index contributed by atoms with van der Waals surface area (Å²) in [6.07, 6.45) is 3.12. The fourth-order valence-electron chi connectivity index (χ4n) is 2.06. The van der Waals surface area contributed by atoms with E-state index in [9.17, 15) is 12.8 Å². The number of nitrogens with one attached hydrogen (secondary N) is 1. The molecule has 1 aliphatic rings. The zero-order valence-electron chi connectivity index (χ0n) is 10.7. The maximum absolute atomic E-state index is 12.9. The Labute approximate surface area is 116 Å². The largest absolute Gasteiger partial charge is 0.266 e. The van der Waals surface area contributed by atoms with Crippen molar-refractivity contribution in [3.8, 4) is 0 Å². The summed E-state index contributed by atoms with van der Waals surface area (Å²) in [7, 11) is -3.58. The third kappa shape index (κ3) is 2.59. The second kappa shape index (κ2) is 4.99. The number of halogens is 1. The zero-order valence-corrected chi connectivity index (χ0v) is 11.5. The predicted octanol–water partition coefficient (Wildman–Crippen LogP) is 1.90. The Bertz CT molecular complexity index is 679. The summed E-state index contributed by atoms with van der Waals surface area (Å²) in [5, 5.41) is 6.27. The molecule has 1 aliphatic carbocycles. The second-order valence-corrected chi connectivity index (χ2v) is 6.69. The lowest BCUT2D eigenvalue weighted by atomic mass is 10.2. The molecular formula is C13H14FN3O2S. The molecule has 2 aromatic rings. The Morgan fingerprint density at radius 1 is 1.25 bits per heavy atom. The van der Waals surface area contributed by atoms with Crippen LogP contribution in [-0.2, 0) is 16.6 Å². The molecule has 0 unspecified atom stereocenters. The first-order valence-corrected chi connectivity index (χ1v) is 7.77. The van der Waals surface area contributed by atoms with Crippen LogP contribution in [0.2, 0.25) is 0 Å². The van der Waals surface area contributed by atoms with Crippen molar-refractivity contribution in [2.45, 2.75) is 30.5 Å². The summed E-state index contributed by atoms with van der Waals surface area (Å²) in [6, 6.07) is 7.34. The molecule has 0 radical (unpaired) electrons. The lowest BCUT2D eigenvalue weighted by Gasteiger charge is -2.20. The SMILES string of the molecule is O=S(=O)(c1ccn[nH]1)N(Cc1ccc(F)cc1)C1CC1. The monoisotopic (exact) mass is 295 g/mol. The molecule has 0 atom stereocenters. The van der Waals surface area contributed by atoms with E-state index >= 15 is 0 Å². The molecule has 1 aromatic carbocycles. The highest BCUT2D eigenvalue weighted by molar-refractivity contribution is 7.89. The highest BCUT2D eigenvalue weighted by atomic mass is 32.2. The van der Waals surface area contributed by atoms with Crippen LogP contribution in [0.5, 0.6) is 0 Å². The topological polar surface area (TPSA) is 66.1 Å². The van der Waals surface area contributed by atoms with Gasteiger partial charge in [-0.3, -0.25) is 5.10 Å². The van der Waals surface area contributed by atoms with Gasteiger partial charge in [-0.05, 0) is 36.6 Å². The molecule has 3 rings (SSSR count). The molecule has 0 aliphatic heterocycles. The van der Waals surface area contributed by atoms with Gasteiger partial charge in [0.15, 0.2) is 5.03 Å². The third-order valence-electron chi connectivity index (χ3n) is 3.27. The van der Waals surface area contributed by atoms with Crippen LogP contribution in [0.15, 0.2) is 41.6 Å². The van der Waals surface area contributed by atoms with E-state index in [0.29, 0.717) is 0 Å². The molecule has 1 aromatic heterocycles. The van der Waals surface area contributed by atoms with Crippen molar-refractivity contribution < 1.29 is 12.8 Å². The van der Waals surface area contributed by atoms with Crippen LogP contribution in [0.4, 0.5) is 4.39 Å². The van der Waals surface area contributed by atoms with E-state index in [0.717, 1.165) is 18.4 Å². The zero-order chi connectivity index (χ0) is 14.2. The molecule has 1 N–H and O–H groups in total. The van der Waals surface area contributed by atoms with E-state index in [4.69, 9.17) is 0 Å². The van der Waals surface area contributed by atoms with Gasteiger partial charge in [0.1, 0.15) is 5.82 Å². The number of hydrogen-bond acceptors (Lipinski definition) is 3. The number of hydrogen-bond donors (Lipinski definition) is 1. The number of aromatic nitrogens is 2. The highest BCUT2D eigenvalue weighted by Crippen LogP contribution is 2.32. The quantitative estimate of drug-likeness (QED) is 0.916. The number of nitrogens with zero attached hydrogens (tertiary/aromatic N) is 2. The van der Waals surface area contributed by atoms with E-state index in [1.54, 1.807) is 12.1 Å². The van der Waals surface area contributed by atoms with E-state index in [1.165, 1.54) is 28.7 Å². The standard InChI is InChI=1S/C13H14FN3O2S/c14-11-3-1-10(2-4-11)9-17(12-5-6-12)20(18,19)13-7-8-15-16-13/h1-4,7-8,12H,5-6,9H2,(H,15,16). The third-order valence-corrected chi connectivity index (χ3v) is 5.10. The molecule has 1 fully saturated rings. The maximum Gasteiger partial charge on any atom is 0.260 e. The van der Waals surface area contributed by atoms with Gasteiger partial charge < -0.3 is 0 Å². The first kappa shape index (κ1) is 13.3. The lowest BCUT2D eigenvalue weighted by Crippen LogP contribution is -2.32. The van der Waals surface area contributed by atoms with Crippen molar-refractivity contribution in [2.24, 2.45) is 0 Å². The van der Waals surface area contributed by atoms with Gasteiger partial charge in [-0.15, -0.1) is 0 Å². The van der Waals surface area contributed by atoms with Crippen LogP contribution in [0.3, 0.4) is 0 Å². The molecule has 7 heteroatoms. The average Bonchev–Trinajstić information content (AvgIpc) is 3.09. The van der Waals surface area contributed by atoms with Gasteiger partial charge in [-0.2, -0.15) is 9.40 Å². The average molecular weight is 295 g/mol. The summed E-state index contributed by atoms with van der Waals surface area (Å²) in [4.78, 5) is 0. The minimum atomic E-state index is -3.58. The van der Waals surface area contributed by atoms with Gasteiger partial charge in [-0.25, -0.2) is 12.8 Å². The van der Waals surface area contributed by atoms with Crippen LogP contribution in [0, 0.1) is 5.82 Å². The molecule has 1 heterocycles. The Kier molecular flexibility index (Phi) is 3.31. The summed E-state index contributed by atoms with van der Waals surface area (Å²) in [5.74, 6) is -0.330. The van der Waals surface area contributed by atoms with E-state index in [1.807, 2.05) is 0 Å². The summed E-state index contributed by atoms with van der Waals surface area (Å²) in [6.45, 7) is 0.242.